The standard InChI is InChI=1S/C12H14N3O2P/c13-15-18(14,16-11-7-3-1-4-8-11)17-12-9-5-2-6-10-12/h1-10H,13-14H2. The Hall–Kier alpha value is -1.81. The van der Waals surface area contributed by atoms with Crippen molar-refractivity contribution in [1.29, 1.82) is 0 Å². The van der Waals surface area contributed by atoms with E-state index in [4.69, 9.17) is 20.4 Å². The van der Waals surface area contributed by atoms with Gasteiger partial charge in [-0.1, -0.05) is 36.4 Å². The van der Waals surface area contributed by atoms with Crippen molar-refractivity contribution < 1.29 is 9.05 Å². The second-order valence-electron chi connectivity index (χ2n) is 3.49. The van der Waals surface area contributed by atoms with Gasteiger partial charge >= 0.3 is 7.66 Å². The van der Waals surface area contributed by atoms with Crippen LogP contribution in [0, 0.1) is 0 Å². The van der Waals surface area contributed by atoms with E-state index in [1.54, 1.807) is 24.3 Å². The van der Waals surface area contributed by atoms with Crippen molar-refractivity contribution in [1.82, 2.24) is 0 Å². The Kier molecular flexibility index (Phi) is 3.99. The van der Waals surface area contributed by atoms with Crippen molar-refractivity contribution >= 4 is 7.66 Å². The maximum atomic E-state index is 5.94. The van der Waals surface area contributed by atoms with Crippen LogP contribution in [0.15, 0.2) is 65.5 Å². The van der Waals surface area contributed by atoms with Gasteiger partial charge in [-0.05, 0) is 24.3 Å². The SMILES string of the molecule is NN=P(N)(Oc1ccccc1)Oc1ccccc1. The van der Waals surface area contributed by atoms with Crippen LogP contribution in [0.3, 0.4) is 0 Å². The molecule has 0 spiro atoms. The van der Waals surface area contributed by atoms with Crippen LogP contribution >= 0.6 is 7.66 Å². The van der Waals surface area contributed by atoms with Crippen molar-refractivity contribution in [2.75, 3.05) is 0 Å². The molecule has 0 amide bonds. The third-order valence-electron chi connectivity index (χ3n) is 2.12. The molecule has 0 bridgehead atoms. The summed E-state index contributed by atoms with van der Waals surface area (Å²) in [6.45, 7) is 0. The number of hydrogen-bond acceptors (Lipinski definition) is 3. The van der Waals surface area contributed by atoms with E-state index in [9.17, 15) is 0 Å². The molecule has 4 N–H and O–H groups in total. The predicted octanol–water partition coefficient (Wildman–Crippen LogP) is 2.92. The molecule has 0 radical (unpaired) electrons. The highest BCUT2D eigenvalue weighted by atomic mass is 31.2. The molecule has 0 saturated carbocycles. The van der Waals surface area contributed by atoms with Gasteiger partial charge in [0.2, 0.25) is 0 Å². The lowest BCUT2D eigenvalue weighted by Crippen LogP contribution is -2.11. The number of benzene rings is 2. The smallest absolute Gasteiger partial charge is 0.407 e. The fourth-order valence-corrected chi connectivity index (χ4v) is 2.31. The Bertz CT molecular complexity index is 500. The molecular formula is C12H14N3O2P. The highest BCUT2D eigenvalue weighted by Gasteiger charge is 2.19. The van der Waals surface area contributed by atoms with E-state index in [2.05, 4.69) is 4.85 Å². The van der Waals surface area contributed by atoms with Crippen LogP contribution < -0.4 is 20.4 Å². The molecular weight excluding hydrogens is 249 g/mol. The Morgan fingerprint density at radius 1 is 0.778 bits per heavy atom. The molecule has 0 aliphatic heterocycles. The molecule has 2 rings (SSSR count). The third-order valence-corrected chi connectivity index (χ3v) is 3.39. The summed E-state index contributed by atoms with van der Waals surface area (Å²) in [5.74, 6) is 6.44. The Balaban J connectivity index is 2.17. The highest BCUT2D eigenvalue weighted by Crippen LogP contribution is 2.43. The minimum atomic E-state index is -2.99. The van der Waals surface area contributed by atoms with E-state index in [1.807, 2.05) is 36.4 Å². The van der Waals surface area contributed by atoms with Gasteiger partial charge in [0.1, 0.15) is 11.5 Å². The van der Waals surface area contributed by atoms with Crippen LogP contribution in [0.2, 0.25) is 0 Å². The Morgan fingerprint density at radius 3 is 1.50 bits per heavy atom. The van der Waals surface area contributed by atoms with Crippen LogP contribution in [0.1, 0.15) is 0 Å². The fraction of sp³-hybridized carbons (Fsp3) is 0. The van der Waals surface area contributed by atoms with Gasteiger partial charge < -0.3 is 9.05 Å². The molecule has 6 heteroatoms. The lowest BCUT2D eigenvalue weighted by Gasteiger charge is -2.19. The molecule has 5 nitrogen and oxygen atoms in total. The largest absolute Gasteiger partial charge is 0.418 e. The van der Waals surface area contributed by atoms with Gasteiger partial charge in [0.25, 0.3) is 0 Å². The third kappa shape index (κ3) is 3.34. The van der Waals surface area contributed by atoms with E-state index in [-0.39, 0.29) is 0 Å². The monoisotopic (exact) mass is 263 g/mol. The van der Waals surface area contributed by atoms with Gasteiger partial charge in [-0.3, -0.25) is 0 Å². The van der Waals surface area contributed by atoms with Crippen molar-refractivity contribution in [3.63, 3.8) is 0 Å². The molecule has 0 heterocycles. The second-order valence-corrected chi connectivity index (χ2v) is 5.21. The molecule has 94 valence electrons. The molecule has 0 unspecified atom stereocenters. The molecule has 0 aliphatic rings. The summed E-state index contributed by atoms with van der Waals surface area (Å²) >= 11 is 0. The van der Waals surface area contributed by atoms with E-state index in [0.717, 1.165) is 0 Å². The Morgan fingerprint density at radius 2 is 1.17 bits per heavy atom. The summed E-state index contributed by atoms with van der Waals surface area (Å²) in [6, 6.07) is 18.1. The summed E-state index contributed by atoms with van der Waals surface area (Å²) in [7, 11) is -2.99. The molecule has 2 aromatic rings. The van der Waals surface area contributed by atoms with E-state index >= 15 is 0 Å². The first kappa shape index (κ1) is 12.6. The minimum Gasteiger partial charge on any atom is -0.418 e. The number of hydrogen-bond donors (Lipinski definition) is 2. The summed E-state index contributed by atoms with van der Waals surface area (Å²) in [4.78, 5) is 3.55. The van der Waals surface area contributed by atoms with Crippen molar-refractivity contribution in [3.05, 3.63) is 60.7 Å². The highest BCUT2D eigenvalue weighted by molar-refractivity contribution is 7.54. The topological polar surface area (TPSA) is 82.9 Å². The zero-order valence-corrected chi connectivity index (χ0v) is 10.5. The molecule has 0 fully saturated rings. The van der Waals surface area contributed by atoms with Crippen LogP contribution in [0.4, 0.5) is 0 Å². The first-order valence-corrected chi connectivity index (χ1v) is 6.96. The number of rotatable bonds is 4. The Labute approximate surface area is 106 Å². The lowest BCUT2D eigenvalue weighted by molar-refractivity contribution is 0.473. The first-order chi connectivity index (χ1) is 8.72. The van der Waals surface area contributed by atoms with Crippen LogP contribution in [0.5, 0.6) is 11.5 Å². The average Bonchev–Trinajstić information content (AvgIpc) is 2.41. The van der Waals surface area contributed by atoms with Crippen molar-refractivity contribution in [2.24, 2.45) is 16.2 Å². The maximum Gasteiger partial charge on any atom is 0.407 e. The predicted molar refractivity (Wildman–Crippen MR) is 71.9 cm³/mol. The molecule has 0 saturated heterocycles. The van der Waals surface area contributed by atoms with E-state index in [1.165, 1.54) is 0 Å². The summed E-state index contributed by atoms with van der Waals surface area (Å²) < 4.78 is 11.1. The van der Waals surface area contributed by atoms with E-state index < -0.39 is 7.66 Å². The number of nitrogens with two attached hydrogens (primary N) is 2. The van der Waals surface area contributed by atoms with Gasteiger partial charge in [-0.25, -0.2) is 11.3 Å². The van der Waals surface area contributed by atoms with Crippen molar-refractivity contribution in [3.8, 4) is 11.5 Å². The van der Waals surface area contributed by atoms with Gasteiger partial charge in [-0.2, -0.15) is 0 Å². The van der Waals surface area contributed by atoms with Crippen LogP contribution in [-0.4, -0.2) is 0 Å². The quantitative estimate of drug-likeness (QED) is 0.504. The van der Waals surface area contributed by atoms with Gasteiger partial charge in [0.05, 0.1) is 0 Å². The molecule has 0 aromatic heterocycles. The number of nitrogens with zero attached hydrogens (tertiary/aromatic N) is 1. The minimum absolute atomic E-state index is 0.568. The van der Waals surface area contributed by atoms with E-state index in [0.29, 0.717) is 11.5 Å². The zero-order chi connectivity index (χ0) is 12.8. The molecule has 2 aromatic carbocycles. The fourth-order valence-electron chi connectivity index (χ4n) is 1.33. The van der Waals surface area contributed by atoms with Crippen LogP contribution in [0.25, 0.3) is 0 Å². The molecule has 18 heavy (non-hydrogen) atoms. The summed E-state index contributed by atoms with van der Waals surface area (Å²) in [5.41, 5.74) is 5.94. The maximum absolute atomic E-state index is 5.94. The molecule has 0 atom stereocenters. The zero-order valence-electron chi connectivity index (χ0n) is 9.64. The van der Waals surface area contributed by atoms with Gasteiger partial charge in [0.15, 0.2) is 0 Å². The average molecular weight is 263 g/mol. The van der Waals surface area contributed by atoms with Crippen LogP contribution in [-0.2, 0) is 0 Å². The lowest BCUT2D eigenvalue weighted by atomic mass is 10.3. The molecule has 0 aliphatic carbocycles. The first-order valence-electron chi connectivity index (χ1n) is 5.31. The second kappa shape index (κ2) is 5.69. The van der Waals surface area contributed by atoms with Crippen molar-refractivity contribution in [2.45, 2.75) is 0 Å². The van der Waals surface area contributed by atoms with Gasteiger partial charge in [0, 0.05) is 0 Å². The van der Waals surface area contributed by atoms with Gasteiger partial charge in [-0.15, -0.1) is 4.85 Å². The number of para-hydroxylation sites is 2. The summed E-state index contributed by atoms with van der Waals surface area (Å²) in [5, 5.41) is 0. The summed E-state index contributed by atoms with van der Waals surface area (Å²) in [6.07, 6.45) is 0. The normalized spacial score (nSPS) is 10.8.